The fourth-order valence-electron chi connectivity index (χ4n) is 6.81. The van der Waals surface area contributed by atoms with Gasteiger partial charge in [0.1, 0.15) is 17.2 Å². The Bertz CT molecular complexity index is 1790. The average molecular weight is 543 g/mol. The lowest BCUT2D eigenvalue weighted by molar-refractivity contribution is -0.123. The average Bonchev–Trinajstić information content (AvgIpc) is 3.49. The number of imide groups is 1. The highest BCUT2D eigenvalue weighted by Crippen LogP contribution is 2.56. The maximum absolute atomic E-state index is 14.4. The van der Waals surface area contributed by atoms with E-state index >= 15 is 0 Å². The van der Waals surface area contributed by atoms with Crippen molar-refractivity contribution in [2.24, 2.45) is 17.8 Å². The lowest BCUT2D eigenvalue weighted by Crippen LogP contribution is -2.50. The maximum Gasteiger partial charge on any atom is 0.266 e. The first-order chi connectivity index (χ1) is 18.7. The highest BCUT2D eigenvalue weighted by molar-refractivity contribution is 6.31. The third-order valence-electron chi connectivity index (χ3n) is 8.25. The minimum absolute atomic E-state index is 0.173. The van der Waals surface area contributed by atoms with Crippen LogP contribution in [0.3, 0.4) is 0 Å². The van der Waals surface area contributed by atoms with Crippen LogP contribution in [0.1, 0.15) is 31.7 Å². The predicted octanol–water partition coefficient (Wildman–Crippen LogP) is 4.56. The molecule has 2 fully saturated rings. The highest BCUT2D eigenvalue weighted by atomic mass is 35.5. The number of anilines is 1. The van der Waals surface area contributed by atoms with Crippen LogP contribution in [-0.2, 0) is 15.1 Å². The number of rotatable bonds is 3. The lowest BCUT2D eigenvalue weighted by Gasteiger charge is -2.32. The van der Waals surface area contributed by atoms with Crippen molar-refractivity contribution < 1.29 is 14.0 Å². The number of carbonyl (C=O) groups is 2. The summed E-state index contributed by atoms with van der Waals surface area (Å²) in [6.07, 6.45) is 0.625. The van der Waals surface area contributed by atoms with Gasteiger partial charge in [0, 0.05) is 11.6 Å². The highest BCUT2D eigenvalue weighted by Gasteiger charge is 2.69. The summed E-state index contributed by atoms with van der Waals surface area (Å²) < 4.78 is 15.6. The van der Waals surface area contributed by atoms with E-state index < -0.39 is 29.1 Å². The van der Waals surface area contributed by atoms with Gasteiger partial charge < -0.3 is 0 Å². The Morgan fingerprint density at radius 3 is 2.54 bits per heavy atom. The zero-order valence-electron chi connectivity index (χ0n) is 21.2. The van der Waals surface area contributed by atoms with Gasteiger partial charge in [-0.1, -0.05) is 55.8 Å². The third kappa shape index (κ3) is 3.13. The molecule has 0 aliphatic carbocycles. The topological polar surface area (TPSA) is 84.3 Å². The van der Waals surface area contributed by atoms with Crippen molar-refractivity contribution in [3.05, 3.63) is 99.3 Å². The van der Waals surface area contributed by atoms with Crippen LogP contribution in [0, 0.1) is 23.6 Å². The molecule has 7 nitrogen and oxygen atoms in total. The lowest BCUT2D eigenvalue weighted by atomic mass is 9.75. The van der Waals surface area contributed by atoms with Crippen molar-refractivity contribution in [2.45, 2.75) is 31.8 Å². The molecule has 196 valence electrons. The van der Waals surface area contributed by atoms with E-state index in [-0.39, 0.29) is 34.1 Å². The van der Waals surface area contributed by atoms with Crippen LogP contribution in [0.5, 0.6) is 0 Å². The van der Waals surface area contributed by atoms with E-state index in [1.807, 2.05) is 30.3 Å². The number of nitrogens with zero attached hydrogens (tertiary/aromatic N) is 3. The zero-order valence-corrected chi connectivity index (χ0v) is 21.9. The second-order valence-corrected chi connectivity index (χ2v) is 11.3. The minimum Gasteiger partial charge on any atom is -0.297 e. The molecule has 0 bridgehead atoms. The van der Waals surface area contributed by atoms with Gasteiger partial charge in [-0.25, -0.2) is 14.3 Å². The smallest absolute Gasteiger partial charge is 0.266 e. The molecule has 4 aromatic rings. The van der Waals surface area contributed by atoms with Crippen LogP contribution >= 0.6 is 11.6 Å². The van der Waals surface area contributed by atoms with Gasteiger partial charge in [-0.3, -0.25) is 24.3 Å². The Morgan fingerprint density at radius 2 is 1.77 bits per heavy atom. The van der Waals surface area contributed by atoms with Gasteiger partial charge in [0.15, 0.2) is 0 Å². The molecule has 3 aliphatic rings. The summed E-state index contributed by atoms with van der Waals surface area (Å²) in [6, 6.07) is 18.1. The summed E-state index contributed by atoms with van der Waals surface area (Å²) in [5, 5.41) is 3.98. The molecule has 3 aliphatic heterocycles. The molecule has 4 heterocycles. The molecule has 1 N–H and O–H groups in total. The van der Waals surface area contributed by atoms with Crippen LogP contribution in [-0.4, -0.2) is 27.4 Å². The number of carbonyl (C=O) groups excluding carboxylic acids is 2. The van der Waals surface area contributed by atoms with Gasteiger partial charge in [0.25, 0.3) is 5.56 Å². The maximum atomic E-state index is 14.4. The summed E-state index contributed by atoms with van der Waals surface area (Å²) in [5.74, 6) is -2.41. The van der Waals surface area contributed by atoms with Crippen molar-refractivity contribution in [3.8, 4) is 5.69 Å². The van der Waals surface area contributed by atoms with Crippen molar-refractivity contribution in [3.63, 3.8) is 0 Å². The van der Waals surface area contributed by atoms with E-state index in [0.29, 0.717) is 28.8 Å². The van der Waals surface area contributed by atoms with Gasteiger partial charge in [0.05, 0.1) is 39.1 Å². The summed E-state index contributed by atoms with van der Waals surface area (Å²) in [4.78, 5) is 48.4. The normalized spacial score (nSPS) is 25.2. The van der Waals surface area contributed by atoms with Crippen molar-refractivity contribution in [1.82, 2.24) is 14.9 Å². The van der Waals surface area contributed by atoms with E-state index in [9.17, 15) is 18.8 Å². The fraction of sp³-hybridized carbons (Fsp3) is 0.267. The molecule has 1 spiro atoms. The van der Waals surface area contributed by atoms with Gasteiger partial charge in [-0.05, 0) is 48.7 Å². The van der Waals surface area contributed by atoms with Gasteiger partial charge in [-0.2, -0.15) is 0 Å². The largest absolute Gasteiger partial charge is 0.297 e. The minimum atomic E-state index is -1.21. The number of fused-ring (bicyclic) bond motifs is 8. The number of halogens is 2. The first-order valence-electron chi connectivity index (χ1n) is 13.0. The Morgan fingerprint density at radius 1 is 1.03 bits per heavy atom. The van der Waals surface area contributed by atoms with E-state index in [0.717, 1.165) is 16.5 Å². The number of aromatic nitrogens is 2. The number of amides is 2. The molecule has 1 aromatic heterocycles. The standard InChI is InChI=1S/C30H24ClFN4O3/c1-15(2)13-22-24-25(28(39)35(27(24)38)16-11-12-20(32)19(31)14-16)30(34-22)18-8-4-6-10-23(18)36-26(37)17-7-3-5-9-21(17)33-29(30)36/h3-12,14-15,22,24-25,34H,13H2,1-2H3/t22-,24-,25+,30-/m0/s1. The molecule has 9 heteroatoms. The molecule has 2 saturated heterocycles. The molecule has 4 atom stereocenters. The van der Waals surface area contributed by atoms with Crippen LogP contribution in [0.2, 0.25) is 5.02 Å². The molecule has 39 heavy (non-hydrogen) atoms. The summed E-state index contributed by atoms with van der Waals surface area (Å²) in [6.45, 7) is 4.13. The second-order valence-electron chi connectivity index (χ2n) is 10.9. The first kappa shape index (κ1) is 24.2. The van der Waals surface area contributed by atoms with Crippen LogP contribution in [0.25, 0.3) is 16.6 Å². The van der Waals surface area contributed by atoms with Gasteiger partial charge >= 0.3 is 0 Å². The summed E-state index contributed by atoms with van der Waals surface area (Å²) >= 11 is 6.05. The SMILES string of the molecule is CC(C)C[C@@H]1N[C@@]2(c3ccccc3-n3c2nc2ccccc2c3=O)[C@H]2C(=O)N(c3ccc(F)c(Cl)c3)C(=O)[C@@H]12. The molecule has 0 radical (unpaired) electrons. The third-order valence-corrected chi connectivity index (χ3v) is 8.54. The van der Waals surface area contributed by atoms with Crippen molar-refractivity contribution in [1.29, 1.82) is 0 Å². The van der Waals surface area contributed by atoms with Crippen molar-refractivity contribution in [2.75, 3.05) is 4.90 Å². The number of benzene rings is 3. The van der Waals surface area contributed by atoms with Gasteiger partial charge in [-0.15, -0.1) is 0 Å². The Kier molecular flexibility index (Phi) is 5.15. The molecular formula is C30H24ClFN4O3. The summed E-state index contributed by atoms with van der Waals surface area (Å²) in [5.41, 5.74) is 0.659. The molecule has 3 aromatic carbocycles. The molecular weight excluding hydrogens is 519 g/mol. The Balaban J connectivity index is 1.51. The fourth-order valence-corrected chi connectivity index (χ4v) is 6.98. The van der Waals surface area contributed by atoms with E-state index in [2.05, 4.69) is 19.2 Å². The molecule has 0 unspecified atom stereocenters. The molecule has 2 amide bonds. The number of nitrogens with one attached hydrogen (secondary N) is 1. The number of hydrogen-bond donors (Lipinski definition) is 1. The summed E-state index contributed by atoms with van der Waals surface area (Å²) in [7, 11) is 0. The van der Waals surface area contributed by atoms with Crippen molar-refractivity contribution >= 4 is 40.0 Å². The number of hydrogen-bond acceptors (Lipinski definition) is 5. The van der Waals surface area contributed by atoms with E-state index in [1.54, 1.807) is 22.8 Å². The van der Waals surface area contributed by atoms with E-state index in [1.165, 1.54) is 12.1 Å². The monoisotopic (exact) mass is 542 g/mol. The molecule has 0 saturated carbocycles. The zero-order chi connectivity index (χ0) is 27.2. The first-order valence-corrected chi connectivity index (χ1v) is 13.3. The van der Waals surface area contributed by atoms with Crippen LogP contribution < -0.4 is 15.8 Å². The molecule has 7 rings (SSSR count). The Hall–Kier alpha value is -3.88. The number of para-hydroxylation sites is 2. The van der Waals surface area contributed by atoms with Crippen LogP contribution in [0.4, 0.5) is 10.1 Å². The Labute approximate surface area is 228 Å². The van der Waals surface area contributed by atoms with E-state index in [4.69, 9.17) is 16.6 Å². The predicted molar refractivity (Wildman–Crippen MR) is 145 cm³/mol. The second kappa shape index (κ2) is 8.31. The quantitative estimate of drug-likeness (QED) is 0.384. The van der Waals surface area contributed by atoms with Crippen LogP contribution in [0.15, 0.2) is 71.5 Å². The van der Waals surface area contributed by atoms with Gasteiger partial charge in [0.2, 0.25) is 11.8 Å².